The van der Waals surface area contributed by atoms with Gasteiger partial charge in [-0.25, -0.2) is 4.99 Å². The van der Waals surface area contributed by atoms with Crippen LogP contribution in [0.15, 0.2) is 164 Å². The molecule has 7 aromatic carbocycles. The standard InChI is InChI=1S/C44H25N3S4/c1-2-13-25-24(12-1)40-36(37-27-15-4-7-19-31(27)49-42(25)37)26-14-3-6-18-30(26)47(40)44-45-39(38-28-16-5-8-20-32(28)51-43(38)46-44)29-17-11-23-35-41(29)50-34-22-10-9-21-33(34)48-35/h1-23,39H,(H,45,46). The highest BCUT2D eigenvalue weighted by atomic mass is 32.2. The predicted octanol–water partition coefficient (Wildman–Crippen LogP) is 13.6. The molecule has 0 saturated carbocycles. The molecule has 3 nitrogen and oxygen atoms in total. The zero-order valence-corrected chi connectivity index (χ0v) is 30.1. The molecule has 0 fully saturated rings. The highest BCUT2D eigenvalue weighted by molar-refractivity contribution is 8.05. The van der Waals surface area contributed by atoms with Gasteiger partial charge < -0.3 is 5.32 Å². The van der Waals surface area contributed by atoms with Crippen LogP contribution in [0.5, 0.6) is 0 Å². The Morgan fingerprint density at radius 3 is 2.02 bits per heavy atom. The number of para-hydroxylation sites is 1. The Morgan fingerprint density at radius 1 is 0.529 bits per heavy atom. The first kappa shape index (κ1) is 28.6. The first-order valence-electron chi connectivity index (χ1n) is 17.0. The van der Waals surface area contributed by atoms with Gasteiger partial charge in [-0.1, -0.05) is 127 Å². The third-order valence-corrected chi connectivity index (χ3v) is 15.3. The third-order valence-electron chi connectivity index (χ3n) is 10.3. The van der Waals surface area contributed by atoms with Gasteiger partial charge >= 0.3 is 0 Å². The number of nitrogens with one attached hydrogen (secondary N) is 1. The van der Waals surface area contributed by atoms with E-state index in [1.165, 1.54) is 88.0 Å². The summed E-state index contributed by atoms with van der Waals surface area (Å²) in [5, 5.41) is 14.1. The third kappa shape index (κ3) is 4.00. The highest BCUT2D eigenvalue weighted by Gasteiger charge is 2.33. The lowest BCUT2D eigenvalue weighted by molar-refractivity contribution is 0.830. The van der Waals surface area contributed by atoms with Gasteiger partial charge in [0.1, 0.15) is 11.0 Å². The van der Waals surface area contributed by atoms with Gasteiger partial charge in [0.2, 0.25) is 5.96 Å². The molecular formula is C44H25N3S4. The van der Waals surface area contributed by atoms with E-state index in [4.69, 9.17) is 4.99 Å². The van der Waals surface area contributed by atoms with E-state index in [1.807, 2.05) is 46.2 Å². The molecular weight excluding hydrogens is 699 g/mol. The topological polar surface area (TPSA) is 29.3 Å². The number of benzene rings is 7. The zero-order chi connectivity index (χ0) is 33.2. The molecule has 1 unspecified atom stereocenters. The fourth-order valence-electron chi connectivity index (χ4n) is 8.21. The van der Waals surface area contributed by atoms with Crippen LogP contribution in [0.2, 0.25) is 0 Å². The number of aliphatic imine (C=N–C) groups is 1. The van der Waals surface area contributed by atoms with Crippen LogP contribution in [0, 0.1) is 0 Å². The molecule has 2 aliphatic rings. The van der Waals surface area contributed by atoms with E-state index in [0.29, 0.717) is 0 Å². The molecule has 0 bridgehead atoms. The minimum absolute atomic E-state index is 0.186. The van der Waals surface area contributed by atoms with Gasteiger partial charge in [-0.15, -0.1) is 22.7 Å². The molecule has 0 aliphatic carbocycles. The quantitative estimate of drug-likeness (QED) is 0.183. The Hall–Kier alpha value is -5.05. The summed E-state index contributed by atoms with van der Waals surface area (Å²) < 4.78 is 6.35. The van der Waals surface area contributed by atoms with Crippen molar-refractivity contribution in [2.45, 2.75) is 25.6 Å². The summed E-state index contributed by atoms with van der Waals surface area (Å²) >= 11 is 7.48. The molecule has 51 heavy (non-hydrogen) atoms. The van der Waals surface area contributed by atoms with Crippen molar-refractivity contribution < 1.29 is 0 Å². The van der Waals surface area contributed by atoms with Gasteiger partial charge in [-0.3, -0.25) is 4.57 Å². The second kappa shape index (κ2) is 10.7. The predicted molar refractivity (Wildman–Crippen MR) is 221 cm³/mol. The van der Waals surface area contributed by atoms with Crippen molar-refractivity contribution in [1.29, 1.82) is 0 Å². The van der Waals surface area contributed by atoms with E-state index in [9.17, 15) is 0 Å². The van der Waals surface area contributed by atoms with Crippen molar-refractivity contribution in [1.82, 2.24) is 4.57 Å². The van der Waals surface area contributed by atoms with Crippen LogP contribution in [0.3, 0.4) is 0 Å². The normalized spacial score (nSPS) is 15.4. The minimum Gasteiger partial charge on any atom is -0.317 e. The fourth-order valence-corrected chi connectivity index (χ4v) is 13.0. The first-order valence-corrected chi connectivity index (χ1v) is 20.3. The molecule has 10 aromatic rings. The second-order valence-corrected chi connectivity index (χ2v) is 17.3. The SMILES string of the molecule is c1ccc2c(c1)Sc1cccc(C3N=C(n4c5ccccc5c5c6c7ccccc7sc6c6ccccc6c54)Nc4sc5ccccc5c43)c1S2. The molecule has 12 rings (SSSR count). The van der Waals surface area contributed by atoms with Crippen LogP contribution in [-0.4, -0.2) is 10.5 Å². The van der Waals surface area contributed by atoms with E-state index in [1.54, 1.807) is 0 Å². The number of fused-ring (bicyclic) bond motifs is 15. The van der Waals surface area contributed by atoms with Gasteiger partial charge in [0.05, 0.1) is 11.0 Å². The smallest absolute Gasteiger partial charge is 0.209 e. The van der Waals surface area contributed by atoms with Crippen LogP contribution in [0.4, 0.5) is 5.00 Å². The largest absolute Gasteiger partial charge is 0.317 e. The van der Waals surface area contributed by atoms with Crippen LogP contribution in [0.25, 0.3) is 62.8 Å². The maximum atomic E-state index is 5.81. The van der Waals surface area contributed by atoms with Crippen molar-refractivity contribution in [3.05, 3.63) is 151 Å². The minimum atomic E-state index is -0.186. The summed E-state index contributed by atoms with van der Waals surface area (Å²) in [6, 6.07) is 50.8. The lowest BCUT2D eigenvalue weighted by Crippen LogP contribution is -2.27. The van der Waals surface area contributed by atoms with E-state index in [0.717, 1.165) is 16.5 Å². The summed E-state index contributed by atoms with van der Waals surface area (Å²) in [6.45, 7) is 0. The summed E-state index contributed by atoms with van der Waals surface area (Å²) in [5.41, 5.74) is 4.87. The number of thiophene rings is 2. The lowest BCUT2D eigenvalue weighted by atomic mass is 9.96. The van der Waals surface area contributed by atoms with Crippen molar-refractivity contribution in [3.63, 3.8) is 0 Å². The van der Waals surface area contributed by atoms with Gasteiger partial charge in [0, 0.05) is 76.9 Å². The van der Waals surface area contributed by atoms with E-state index >= 15 is 0 Å². The number of hydrogen-bond acceptors (Lipinski definition) is 6. The summed E-state index contributed by atoms with van der Waals surface area (Å²) in [6.07, 6.45) is 0. The molecule has 7 heteroatoms. The van der Waals surface area contributed by atoms with Crippen molar-refractivity contribution in [2.24, 2.45) is 4.99 Å². The average molecular weight is 724 g/mol. The summed E-state index contributed by atoms with van der Waals surface area (Å²) in [4.78, 5) is 11.0. The maximum Gasteiger partial charge on any atom is 0.209 e. The average Bonchev–Trinajstić information content (AvgIpc) is 3.86. The van der Waals surface area contributed by atoms with E-state index in [2.05, 4.69) is 149 Å². The van der Waals surface area contributed by atoms with Crippen LogP contribution < -0.4 is 5.32 Å². The maximum absolute atomic E-state index is 5.81. The number of aromatic nitrogens is 1. The lowest BCUT2D eigenvalue weighted by Gasteiger charge is -2.28. The van der Waals surface area contributed by atoms with Crippen molar-refractivity contribution in [3.8, 4) is 0 Å². The molecule has 1 atom stereocenters. The molecule has 0 saturated heterocycles. The Balaban J connectivity index is 1.20. The molecule has 5 heterocycles. The van der Waals surface area contributed by atoms with Gasteiger partial charge in [-0.2, -0.15) is 0 Å². The molecule has 240 valence electrons. The van der Waals surface area contributed by atoms with Gasteiger partial charge in [0.15, 0.2) is 0 Å². The molecule has 0 amide bonds. The molecule has 0 radical (unpaired) electrons. The Labute approximate surface area is 309 Å². The summed E-state index contributed by atoms with van der Waals surface area (Å²) in [5.74, 6) is 0.862. The van der Waals surface area contributed by atoms with E-state index in [-0.39, 0.29) is 6.04 Å². The Bertz CT molecular complexity index is 3150. The highest BCUT2D eigenvalue weighted by Crippen LogP contribution is 2.55. The zero-order valence-electron chi connectivity index (χ0n) is 26.9. The molecule has 1 N–H and O–H groups in total. The first-order chi connectivity index (χ1) is 25.3. The molecule has 0 spiro atoms. The van der Waals surface area contributed by atoms with Gasteiger partial charge in [-0.05, 0) is 42.0 Å². The number of rotatable bonds is 1. The fraction of sp³-hybridized carbons (Fsp3) is 0.0227. The van der Waals surface area contributed by atoms with Crippen molar-refractivity contribution >= 4 is 120 Å². The molecule has 2 aliphatic heterocycles. The van der Waals surface area contributed by atoms with Crippen molar-refractivity contribution in [2.75, 3.05) is 5.32 Å². The van der Waals surface area contributed by atoms with E-state index < -0.39 is 0 Å². The number of hydrogen-bond donors (Lipinski definition) is 1. The monoisotopic (exact) mass is 723 g/mol. The van der Waals surface area contributed by atoms with Gasteiger partial charge in [0.25, 0.3) is 0 Å². The number of nitrogens with zero attached hydrogens (tertiary/aromatic N) is 2. The van der Waals surface area contributed by atoms with Crippen LogP contribution >= 0.6 is 46.2 Å². The summed E-state index contributed by atoms with van der Waals surface area (Å²) in [7, 11) is 0. The van der Waals surface area contributed by atoms with Crippen LogP contribution in [0.1, 0.15) is 17.2 Å². The Morgan fingerprint density at radius 2 is 1.18 bits per heavy atom. The van der Waals surface area contributed by atoms with Crippen LogP contribution in [-0.2, 0) is 0 Å². The second-order valence-electron chi connectivity index (χ2n) is 13.1. The number of anilines is 1. The Kier molecular flexibility index (Phi) is 6.02. The molecule has 3 aromatic heterocycles.